The molecule has 0 bridgehead atoms. The molecule has 1 aromatic heterocycles. The third kappa shape index (κ3) is 5.27. The fraction of sp³-hybridized carbons (Fsp3) is 0.391. The maximum atomic E-state index is 13.3. The van der Waals surface area contributed by atoms with Crippen LogP contribution < -0.4 is 10.6 Å². The van der Waals surface area contributed by atoms with Gasteiger partial charge in [0.15, 0.2) is 8.32 Å². The van der Waals surface area contributed by atoms with Crippen LogP contribution in [-0.4, -0.2) is 45.5 Å². The highest BCUT2D eigenvalue weighted by atomic mass is 35.5. The number of para-hydroxylation sites is 1. The average Bonchev–Trinajstić information content (AvgIpc) is 3.13. The minimum atomic E-state index is -2.32. The van der Waals surface area contributed by atoms with E-state index in [9.17, 15) is 14.4 Å². The summed E-state index contributed by atoms with van der Waals surface area (Å²) in [6.07, 6.45) is 1.57. The smallest absolute Gasteiger partial charge is 0.377 e. The predicted octanol–water partition coefficient (Wildman–Crippen LogP) is 5.14. The highest BCUT2D eigenvalue weighted by Gasteiger charge is 2.37. The Hall–Kier alpha value is -2.46. The zero-order valence-electron chi connectivity index (χ0n) is 19.9. The van der Waals surface area contributed by atoms with Crippen LogP contribution in [0.15, 0.2) is 47.3 Å². The minimum absolute atomic E-state index is 0.158. The van der Waals surface area contributed by atoms with E-state index in [1.54, 1.807) is 24.3 Å². The van der Waals surface area contributed by atoms with E-state index in [0.29, 0.717) is 16.9 Å². The molecule has 0 aliphatic heterocycles. The van der Waals surface area contributed by atoms with Crippen molar-refractivity contribution in [3.63, 3.8) is 0 Å². The lowest BCUT2D eigenvalue weighted by Gasteiger charge is -2.35. The van der Waals surface area contributed by atoms with Crippen molar-refractivity contribution in [3.8, 4) is 5.69 Å². The van der Waals surface area contributed by atoms with Crippen molar-refractivity contribution in [2.75, 3.05) is 11.4 Å². The highest BCUT2D eigenvalue weighted by Crippen LogP contribution is 2.39. The van der Waals surface area contributed by atoms with Crippen molar-refractivity contribution in [3.05, 3.63) is 68.6 Å². The Morgan fingerprint density at radius 2 is 1.74 bits per heavy atom. The Bertz CT molecular complexity index is 1230. The summed E-state index contributed by atoms with van der Waals surface area (Å²) in [5, 5.41) is 7.86. The van der Waals surface area contributed by atoms with Crippen molar-refractivity contribution in [2.45, 2.75) is 51.7 Å². The molecular formula is C23H29Cl2N5O3Si. The number of nitrogens with zero attached hydrogens (tertiary/aromatic N) is 5. The topological polar surface area (TPSA) is 93.3 Å². The van der Waals surface area contributed by atoms with Crippen molar-refractivity contribution in [2.24, 2.45) is 0 Å². The second-order valence-corrected chi connectivity index (χ2v) is 14.6. The van der Waals surface area contributed by atoms with Gasteiger partial charge in [-0.3, -0.25) is 4.90 Å². The molecule has 1 N–H and O–H groups in total. The van der Waals surface area contributed by atoms with Crippen LogP contribution in [0.3, 0.4) is 0 Å². The van der Waals surface area contributed by atoms with Crippen LogP contribution in [0.4, 0.5) is 10.5 Å². The Balaban J connectivity index is 1.88. The van der Waals surface area contributed by atoms with Gasteiger partial charge in [-0.25, -0.2) is 9.59 Å². The second-order valence-electron chi connectivity index (χ2n) is 9.29. The molecule has 0 unspecified atom stereocenters. The Kier molecular flexibility index (Phi) is 7.71. The lowest BCUT2D eigenvalue weighted by molar-refractivity contribution is 0.244. The van der Waals surface area contributed by atoms with Crippen molar-refractivity contribution >= 4 is 43.2 Å². The molecule has 0 atom stereocenters. The van der Waals surface area contributed by atoms with Crippen LogP contribution in [-0.2, 0) is 6.42 Å². The molecule has 182 valence electrons. The molecule has 1 heterocycles. The van der Waals surface area contributed by atoms with Crippen LogP contribution in [0.2, 0.25) is 28.2 Å². The first-order valence-corrected chi connectivity index (χ1v) is 14.7. The number of rotatable bonds is 7. The number of anilines is 1. The summed E-state index contributed by atoms with van der Waals surface area (Å²) in [5.74, 6) is 0. The first kappa shape index (κ1) is 26.1. The zero-order valence-corrected chi connectivity index (χ0v) is 22.4. The van der Waals surface area contributed by atoms with Crippen molar-refractivity contribution < 1.29 is 9.59 Å². The normalized spacial score (nSPS) is 12.1. The van der Waals surface area contributed by atoms with E-state index in [1.807, 2.05) is 38.2 Å². The van der Waals surface area contributed by atoms with Gasteiger partial charge < -0.3 is 4.80 Å². The van der Waals surface area contributed by atoms with Crippen LogP contribution >= 0.6 is 23.2 Å². The summed E-state index contributed by atoms with van der Waals surface area (Å²) in [6, 6.07) is 11.7. The average molecular weight is 523 g/mol. The fourth-order valence-corrected chi connectivity index (χ4v) is 4.68. The Morgan fingerprint density at radius 1 is 1.12 bits per heavy atom. The van der Waals surface area contributed by atoms with E-state index in [4.69, 9.17) is 23.2 Å². The number of halogens is 2. The number of carbonyl (C=O) groups excluding carboxylic acids is 1. The number of aromatic nitrogens is 4. The SMILES string of the molecule is CCN(C(=O)n1nnn(-c2c(Cl)cccc2Cl)c1=O)c1cccc(CCC(C)(C)[Si](C)(C)O)c1. The van der Waals surface area contributed by atoms with Crippen LogP contribution in [0, 0.1) is 0 Å². The maximum Gasteiger partial charge on any atom is 0.377 e. The number of benzene rings is 2. The van der Waals surface area contributed by atoms with Gasteiger partial charge in [-0.1, -0.05) is 55.2 Å². The molecule has 0 fully saturated rings. The van der Waals surface area contributed by atoms with Crippen LogP contribution in [0.5, 0.6) is 0 Å². The van der Waals surface area contributed by atoms with E-state index < -0.39 is 20.0 Å². The van der Waals surface area contributed by atoms with Crippen LogP contribution in [0.1, 0.15) is 32.8 Å². The molecule has 0 aliphatic carbocycles. The largest absolute Gasteiger partial charge is 0.432 e. The molecule has 1 amide bonds. The lowest BCUT2D eigenvalue weighted by atomic mass is 10.0. The predicted molar refractivity (Wildman–Crippen MR) is 138 cm³/mol. The van der Waals surface area contributed by atoms with Gasteiger partial charge in [0.05, 0.1) is 10.0 Å². The third-order valence-corrected chi connectivity index (χ3v) is 10.5. The summed E-state index contributed by atoms with van der Waals surface area (Å²) < 4.78 is 1.61. The summed E-state index contributed by atoms with van der Waals surface area (Å²) >= 11 is 12.4. The molecule has 3 aromatic rings. The summed E-state index contributed by atoms with van der Waals surface area (Å²) in [7, 11) is -2.32. The molecule has 0 aliphatic rings. The van der Waals surface area contributed by atoms with Gasteiger partial charge in [-0.2, -0.15) is 4.68 Å². The zero-order chi connectivity index (χ0) is 25.3. The standard InChI is InChI=1S/C23H29Cl2N5O3Si/c1-6-28(17-10-7-9-16(15-17)13-14-23(2,3)34(4,5)33)21(31)30-22(32)29(26-27-30)20-18(24)11-8-12-19(20)25/h7-12,15,33H,6,13-14H2,1-5H3. The summed E-state index contributed by atoms with van der Waals surface area (Å²) in [5.41, 5.74) is 1.07. The van der Waals surface area contributed by atoms with Crippen molar-refractivity contribution in [1.29, 1.82) is 0 Å². The van der Waals surface area contributed by atoms with E-state index in [0.717, 1.165) is 23.1 Å². The quantitative estimate of drug-likeness (QED) is 0.343. The third-order valence-electron chi connectivity index (χ3n) is 6.38. The highest BCUT2D eigenvalue weighted by molar-refractivity contribution is 6.72. The van der Waals surface area contributed by atoms with Gasteiger partial charge in [-0.15, -0.1) is 4.68 Å². The molecule has 0 saturated carbocycles. The molecule has 0 radical (unpaired) electrons. The summed E-state index contributed by atoms with van der Waals surface area (Å²) in [4.78, 5) is 38.2. The number of amides is 1. The molecular weight excluding hydrogens is 493 g/mol. The summed E-state index contributed by atoms with van der Waals surface area (Å²) in [6.45, 7) is 10.2. The molecule has 11 heteroatoms. The number of carbonyl (C=O) groups is 1. The molecule has 3 rings (SSSR count). The lowest BCUT2D eigenvalue weighted by Crippen LogP contribution is -2.41. The number of aryl methyl sites for hydroxylation is 1. The van der Waals surface area contributed by atoms with Gasteiger partial charge >= 0.3 is 11.7 Å². The number of hydrogen-bond acceptors (Lipinski definition) is 5. The van der Waals surface area contributed by atoms with E-state index >= 15 is 0 Å². The molecule has 2 aromatic carbocycles. The van der Waals surface area contributed by atoms with Gasteiger partial charge in [0, 0.05) is 12.2 Å². The van der Waals surface area contributed by atoms with Gasteiger partial charge in [-0.05, 0) is 78.2 Å². The first-order valence-electron chi connectivity index (χ1n) is 11.0. The van der Waals surface area contributed by atoms with Crippen molar-refractivity contribution in [1.82, 2.24) is 19.8 Å². The molecule has 8 nitrogen and oxygen atoms in total. The van der Waals surface area contributed by atoms with E-state index in [2.05, 4.69) is 24.3 Å². The number of hydrogen-bond donors (Lipinski definition) is 1. The maximum absolute atomic E-state index is 13.3. The number of tetrazole rings is 1. The fourth-order valence-electron chi connectivity index (χ4n) is 3.38. The molecule has 0 saturated heterocycles. The van der Waals surface area contributed by atoms with E-state index in [-0.39, 0.29) is 20.8 Å². The van der Waals surface area contributed by atoms with Gasteiger partial charge in [0.1, 0.15) is 5.69 Å². The first-order chi connectivity index (χ1) is 15.9. The van der Waals surface area contributed by atoms with Gasteiger partial charge in [0.25, 0.3) is 0 Å². The Labute approximate surface area is 209 Å². The minimum Gasteiger partial charge on any atom is -0.432 e. The van der Waals surface area contributed by atoms with Gasteiger partial charge in [0.2, 0.25) is 0 Å². The van der Waals surface area contributed by atoms with E-state index in [1.165, 1.54) is 4.90 Å². The second kappa shape index (κ2) is 10.0. The monoisotopic (exact) mass is 521 g/mol. The molecule has 0 spiro atoms. The molecule has 34 heavy (non-hydrogen) atoms. The van der Waals surface area contributed by atoms with Crippen LogP contribution in [0.25, 0.3) is 5.69 Å². The Morgan fingerprint density at radius 3 is 2.32 bits per heavy atom.